The van der Waals surface area contributed by atoms with E-state index in [0.29, 0.717) is 10.9 Å². The van der Waals surface area contributed by atoms with Gasteiger partial charge in [-0.25, -0.2) is 14.8 Å². The lowest BCUT2D eigenvalue weighted by molar-refractivity contribution is -0.131. The zero-order chi connectivity index (χ0) is 11.3. The van der Waals surface area contributed by atoms with E-state index in [9.17, 15) is 4.79 Å². The zero-order valence-corrected chi connectivity index (χ0v) is 9.41. The van der Waals surface area contributed by atoms with Gasteiger partial charge in [-0.3, -0.25) is 0 Å². The minimum absolute atomic E-state index is 0.593. The van der Waals surface area contributed by atoms with Gasteiger partial charge in [-0.15, -0.1) is 0 Å². The summed E-state index contributed by atoms with van der Waals surface area (Å²) in [5.41, 5.74) is 1.70. The first-order valence-corrected chi connectivity index (χ1v) is 5.39. The van der Waals surface area contributed by atoms with Gasteiger partial charge < -0.3 is 5.11 Å². The Balaban J connectivity index is 2.54. The summed E-state index contributed by atoms with van der Waals surface area (Å²) in [6.45, 7) is 3.67. The fourth-order valence-electron chi connectivity index (χ4n) is 0.926. The second kappa shape index (κ2) is 5.50. The summed E-state index contributed by atoms with van der Waals surface area (Å²) in [5, 5.41) is 9.18. The molecule has 0 aromatic carbocycles. The van der Waals surface area contributed by atoms with Crippen LogP contribution in [-0.4, -0.2) is 26.8 Å². The Labute approximate surface area is 92.4 Å². The van der Waals surface area contributed by atoms with Gasteiger partial charge in [-0.05, 0) is 19.9 Å². The maximum atomic E-state index is 10.4. The second-order valence-corrected chi connectivity index (χ2v) is 4.04. The summed E-state index contributed by atoms with van der Waals surface area (Å²) >= 11 is 1.43. The number of aryl methyl sites for hydroxylation is 1. The molecule has 0 atom stereocenters. The largest absolute Gasteiger partial charge is 0.478 e. The van der Waals surface area contributed by atoms with Gasteiger partial charge in [0.1, 0.15) is 0 Å². The van der Waals surface area contributed by atoms with Crippen molar-refractivity contribution in [1.82, 2.24) is 9.97 Å². The Morgan fingerprint density at radius 1 is 1.67 bits per heavy atom. The fraction of sp³-hybridized carbons (Fsp3) is 0.300. The molecule has 5 heteroatoms. The predicted molar refractivity (Wildman–Crippen MR) is 58.9 cm³/mol. The molecule has 0 amide bonds. The van der Waals surface area contributed by atoms with E-state index in [4.69, 9.17) is 5.11 Å². The Morgan fingerprint density at radius 3 is 3.00 bits per heavy atom. The lowest BCUT2D eigenvalue weighted by Gasteiger charge is -2.00. The second-order valence-electron chi connectivity index (χ2n) is 3.10. The molecular weight excluding hydrogens is 212 g/mol. The average Bonchev–Trinajstić information content (AvgIpc) is 2.14. The smallest absolute Gasteiger partial charge is 0.328 e. The van der Waals surface area contributed by atoms with Gasteiger partial charge in [-0.1, -0.05) is 17.3 Å². The first kappa shape index (κ1) is 11.7. The molecule has 15 heavy (non-hydrogen) atoms. The van der Waals surface area contributed by atoms with Crippen LogP contribution in [0.1, 0.15) is 12.6 Å². The Kier molecular flexibility index (Phi) is 4.30. The van der Waals surface area contributed by atoms with Crippen molar-refractivity contribution in [3.8, 4) is 0 Å². The molecule has 0 unspecified atom stereocenters. The van der Waals surface area contributed by atoms with Gasteiger partial charge in [0, 0.05) is 23.7 Å². The highest BCUT2D eigenvalue weighted by atomic mass is 32.2. The number of carboxylic acids is 1. The number of aromatic nitrogens is 2. The van der Waals surface area contributed by atoms with Crippen LogP contribution in [0, 0.1) is 6.92 Å². The number of thioether (sulfide) groups is 1. The van der Waals surface area contributed by atoms with E-state index in [1.165, 1.54) is 17.8 Å². The highest BCUT2D eigenvalue weighted by Crippen LogP contribution is 2.15. The van der Waals surface area contributed by atoms with Gasteiger partial charge in [0.15, 0.2) is 5.16 Å². The van der Waals surface area contributed by atoms with Crippen molar-refractivity contribution < 1.29 is 9.90 Å². The summed E-state index contributed by atoms with van der Waals surface area (Å²) < 4.78 is 0. The number of rotatable bonds is 4. The van der Waals surface area contributed by atoms with Crippen LogP contribution in [0.2, 0.25) is 0 Å². The standard InChI is InChI=1S/C10H12N2O2S/c1-7(5-9(13)14)6-15-10-11-4-3-8(2)12-10/h3-5H,6H2,1-2H3,(H,13,14). The van der Waals surface area contributed by atoms with Gasteiger partial charge in [0.2, 0.25) is 0 Å². The molecule has 0 saturated heterocycles. The quantitative estimate of drug-likeness (QED) is 0.481. The molecule has 1 rings (SSSR count). The normalized spacial score (nSPS) is 11.5. The first-order valence-electron chi connectivity index (χ1n) is 4.40. The maximum absolute atomic E-state index is 10.4. The lowest BCUT2D eigenvalue weighted by atomic mass is 10.3. The molecule has 0 aliphatic heterocycles. The van der Waals surface area contributed by atoms with Crippen molar-refractivity contribution in [3.63, 3.8) is 0 Å². The number of carboxylic acid groups (broad SMARTS) is 1. The summed E-state index contributed by atoms with van der Waals surface area (Å²) in [6, 6.07) is 1.82. The van der Waals surface area contributed by atoms with E-state index >= 15 is 0 Å². The van der Waals surface area contributed by atoms with Gasteiger partial charge in [0.25, 0.3) is 0 Å². The predicted octanol–water partition coefficient (Wildman–Crippen LogP) is 1.91. The Hall–Kier alpha value is -1.36. The van der Waals surface area contributed by atoms with Crippen LogP contribution in [0.15, 0.2) is 29.1 Å². The molecule has 4 nitrogen and oxygen atoms in total. The number of hydrogen-bond acceptors (Lipinski definition) is 4. The monoisotopic (exact) mass is 224 g/mol. The number of aliphatic carboxylic acids is 1. The third-order valence-electron chi connectivity index (χ3n) is 1.57. The molecule has 0 saturated carbocycles. The molecular formula is C10H12N2O2S. The highest BCUT2D eigenvalue weighted by molar-refractivity contribution is 7.99. The van der Waals surface area contributed by atoms with E-state index in [0.717, 1.165) is 11.3 Å². The number of hydrogen-bond donors (Lipinski definition) is 1. The van der Waals surface area contributed by atoms with Gasteiger partial charge in [0.05, 0.1) is 0 Å². The summed E-state index contributed by atoms with van der Waals surface area (Å²) in [6.07, 6.45) is 2.89. The molecule has 0 radical (unpaired) electrons. The molecule has 1 aromatic heterocycles. The molecule has 80 valence electrons. The van der Waals surface area contributed by atoms with Gasteiger partial charge >= 0.3 is 5.97 Å². The van der Waals surface area contributed by atoms with Crippen LogP contribution in [0.3, 0.4) is 0 Å². The van der Waals surface area contributed by atoms with E-state index < -0.39 is 5.97 Å². The first-order chi connectivity index (χ1) is 7.08. The van der Waals surface area contributed by atoms with Crippen LogP contribution < -0.4 is 0 Å². The highest BCUT2D eigenvalue weighted by Gasteiger charge is 1.99. The molecule has 1 N–H and O–H groups in total. The van der Waals surface area contributed by atoms with Crippen molar-refractivity contribution in [2.75, 3.05) is 5.75 Å². The molecule has 1 aromatic rings. The summed E-state index contributed by atoms with van der Waals surface area (Å²) in [7, 11) is 0. The minimum Gasteiger partial charge on any atom is -0.478 e. The molecule has 0 aliphatic rings. The Bertz CT molecular complexity index is 391. The SMILES string of the molecule is CC(=CC(=O)O)CSc1nccc(C)n1. The van der Waals surface area contributed by atoms with E-state index in [1.54, 1.807) is 13.1 Å². The maximum Gasteiger partial charge on any atom is 0.328 e. The Morgan fingerprint density at radius 2 is 2.40 bits per heavy atom. The van der Waals surface area contributed by atoms with Crippen LogP contribution >= 0.6 is 11.8 Å². The molecule has 0 fully saturated rings. The minimum atomic E-state index is -0.918. The average molecular weight is 224 g/mol. The van der Waals surface area contributed by atoms with Crippen molar-refractivity contribution in [2.45, 2.75) is 19.0 Å². The fourth-order valence-corrected chi connectivity index (χ4v) is 1.71. The molecule has 0 bridgehead atoms. The van der Waals surface area contributed by atoms with Crippen molar-refractivity contribution >= 4 is 17.7 Å². The molecule has 1 heterocycles. The zero-order valence-electron chi connectivity index (χ0n) is 8.60. The van der Waals surface area contributed by atoms with E-state index in [2.05, 4.69) is 9.97 Å². The van der Waals surface area contributed by atoms with Crippen molar-refractivity contribution in [2.24, 2.45) is 0 Å². The van der Waals surface area contributed by atoms with Crippen LogP contribution in [0.4, 0.5) is 0 Å². The number of carbonyl (C=O) groups is 1. The van der Waals surface area contributed by atoms with Crippen molar-refractivity contribution in [1.29, 1.82) is 0 Å². The summed E-state index contributed by atoms with van der Waals surface area (Å²) in [5.74, 6) is -0.325. The third kappa shape index (κ3) is 4.60. The topological polar surface area (TPSA) is 63.1 Å². The molecule has 0 aliphatic carbocycles. The van der Waals surface area contributed by atoms with Crippen LogP contribution in [-0.2, 0) is 4.79 Å². The third-order valence-corrected chi connectivity index (χ3v) is 2.63. The van der Waals surface area contributed by atoms with E-state index in [1.807, 2.05) is 13.0 Å². The van der Waals surface area contributed by atoms with Crippen molar-refractivity contribution in [3.05, 3.63) is 29.6 Å². The van der Waals surface area contributed by atoms with Crippen LogP contribution in [0.5, 0.6) is 0 Å². The number of nitrogens with zero attached hydrogens (tertiary/aromatic N) is 2. The van der Waals surface area contributed by atoms with Gasteiger partial charge in [-0.2, -0.15) is 0 Å². The lowest BCUT2D eigenvalue weighted by Crippen LogP contribution is -1.94. The summed E-state index contributed by atoms with van der Waals surface area (Å²) in [4.78, 5) is 18.6. The van der Waals surface area contributed by atoms with Crippen LogP contribution in [0.25, 0.3) is 0 Å². The molecule has 0 spiro atoms. The van der Waals surface area contributed by atoms with E-state index in [-0.39, 0.29) is 0 Å².